The molecule has 7 nitrogen and oxygen atoms in total. The van der Waals surface area contributed by atoms with Crippen molar-refractivity contribution in [1.29, 1.82) is 0 Å². The number of hydrogen-bond donors (Lipinski definition) is 0. The maximum absolute atomic E-state index is 13.1. The molecule has 0 N–H and O–H groups in total. The summed E-state index contributed by atoms with van der Waals surface area (Å²) >= 11 is 0. The quantitative estimate of drug-likeness (QED) is 0.707. The minimum Gasteiger partial charge on any atom is -0.379 e. The highest BCUT2D eigenvalue weighted by molar-refractivity contribution is 7.89. The zero-order valence-electron chi connectivity index (χ0n) is 15.5. The molecule has 2 fully saturated rings. The largest absolute Gasteiger partial charge is 0.379 e. The summed E-state index contributed by atoms with van der Waals surface area (Å²) in [5.74, 6) is -0.520. The maximum atomic E-state index is 13.1. The number of rotatable bonds is 6. The van der Waals surface area contributed by atoms with Crippen LogP contribution >= 0.6 is 0 Å². The third-order valence-electron chi connectivity index (χ3n) is 5.18. The molecule has 150 valence electrons. The molecule has 3 rings (SSSR count). The molecule has 0 spiro atoms. The van der Waals surface area contributed by atoms with E-state index in [1.165, 1.54) is 23.4 Å². The van der Waals surface area contributed by atoms with Crippen LogP contribution in [0, 0.1) is 5.82 Å². The van der Waals surface area contributed by atoms with Gasteiger partial charge < -0.3 is 9.64 Å². The van der Waals surface area contributed by atoms with Crippen molar-refractivity contribution in [2.75, 3.05) is 52.5 Å². The third kappa shape index (κ3) is 4.84. The fourth-order valence-corrected chi connectivity index (χ4v) is 5.10. The first-order chi connectivity index (χ1) is 12.9. The zero-order chi connectivity index (χ0) is 19.4. The second kappa shape index (κ2) is 8.64. The first kappa shape index (κ1) is 20.2. The van der Waals surface area contributed by atoms with Gasteiger partial charge >= 0.3 is 0 Å². The second-order valence-corrected chi connectivity index (χ2v) is 8.86. The predicted octanol–water partition coefficient (Wildman–Crippen LogP) is 0.769. The molecule has 0 aromatic heterocycles. The SMILES string of the molecule is CC(=O)N(CCN1CCOCC1)C1CCN(S(=O)(=O)c2ccc(F)cc2)C1. The molecule has 1 aromatic carbocycles. The highest BCUT2D eigenvalue weighted by Gasteiger charge is 2.36. The molecule has 2 heterocycles. The van der Waals surface area contributed by atoms with Crippen LogP contribution < -0.4 is 0 Å². The van der Waals surface area contributed by atoms with Gasteiger partial charge in [-0.25, -0.2) is 12.8 Å². The van der Waals surface area contributed by atoms with Crippen LogP contribution in [-0.4, -0.2) is 87.0 Å². The lowest BCUT2D eigenvalue weighted by Gasteiger charge is -2.32. The predicted molar refractivity (Wildman–Crippen MR) is 98.2 cm³/mol. The minimum atomic E-state index is -3.68. The third-order valence-corrected chi connectivity index (χ3v) is 7.06. The molecule has 1 amide bonds. The molecule has 0 radical (unpaired) electrons. The number of halogens is 1. The lowest BCUT2D eigenvalue weighted by molar-refractivity contribution is -0.131. The molecule has 0 aliphatic carbocycles. The Kier molecular flexibility index (Phi) is 6.46. The van der Waals surface area contributed by atoms with Crippen molar-refractivity contribution in [3.05, 3.63) is 30.1 Å². The average Bonchev–Trinajstić information content (AvgIpc) is 3.13. The molecule has 1 unspecified atom stereocenters. The van der Waals surface area contributed by atoms with Gasteiger partial charge in [0, 0.05) is 52.2 Å². The van der Waals surface area contributed by atoms with E-state index in [9.17, 15) is 17.6 Å². The Morgan fingerprint density at radius 2 is 1.89 bits per heavy atom. The zero-order valence-corrected chi connectivity index (χ0v) is 16.3. The summed E-state index contributed by atoms with van der Waals surface area (Å²) < 4.78 is 45.3. The van der Waals surface area contributed by atoms with Gasteiger partial charge in [0.15, 0.2) is 0 Å². The van der Waals surface area contributed by atoms with Gasteiger partial charge in [-0.1, -0.05) is 0 Å². The Labute approximate surface area is 159 Å². The van der Waals surface area contributed by atoms with E-state index in [0.717, 1.165) is 31.8 Å². The average molecular weight is 399 g/mol. The smallest absolute Gasteiger partial charge is 0.243 e. The van der Waals surface area contributed by atoms with Crippen molar-refractivity contribution in [2.24, 2.45) is 0 Å². The van der Waals surface area contributed by atoms with Crippen LogP contribution in [0.4, 0.5) is 4.39 Å². The van der Waals surface area contributed by atoms with Gasteiger partial charge in [0.25, 0.3) is 0 Å². The van der Waals surface area contributed by atoms with Crippen LogP contribution in [0.2, 0.25) is 0 Å². The van der Waals surface area contributed by atoms with Crippen LogP contribution in [0.25, 0.3) is 0 Å². The van der Waals surface area contributed by atoms with Crippen LogP contribution in [0.15, 0.2) is 29.2 Å². The van der Waals surface area contributed by atoms with Crippen molar-refractivity contribution < 1.29 is 22.3 Å². The van der Waals surface area contributed by atoms with E-state index >= 15 is 0 Å². The molecule has 1 atom stereocenters. The topological polar surface area (TPSA) is 70.2 Å². The molecular formula is C18H26FN3O4S. The van der Waals surface area contributed by atoms with Gasteiger partial charge in [-0.3, -0.25) is 9.69 Å². The number of nitrogens with zero attached hydrogens (tertiary/aromatic N) is 3. The molecule has 0 bridgehead atoms. The lowest BCUT2D eigenvalue weighted by Crippen LogP contribution is -2.47. The Balaban J connectivity index is 1.63. The standard InChI is InChI=1S/C18H26FN3O4S/c1-15(23)22(9-8-20-10-12-26-13-11-20)17-6-7-21(14-17)27(24,25)18-4-2-16(19)3-5-18/h2-5,17H,6-14H2,1H3. The fourth-order valence-electron chi connectivity index (χ4n) is 3.61. The Hall–Kier alpha value is -1.55. The number of ether oxygens (including phenoxy) is 1. The van der Waals surface area contributed by atoms with Crippen LogP contribution in [0.1, 0.15) is 13.3 Å². The molecule has 2 saturated heterocycles. The summed E-state index contributed by atoms with van der Waals surface area (Å²) in [6.45, 7) is 6.57. The number of benzene rings is 1. The molecule has 2 aliphatic heterocycles. The highest BCUT2D eigenvalue weighted by atomic mass is 32.2. The number of carbonyl (C=O) groups is 1. The summed E-state index contributed by atoms with van der Waals surface area (Å²) in [5, 5.41) is 0. The number of amides is 1. The Morgan fingerprint density at radius 1 is 1.22 bits per heavy atom. The second-order valence-electron chi connectivity index (χ2n) is 6.93. The monoisotopic (exact) mass is 399 g/mol. The van der Waals surface area contributed by atoms with Gasteiger partial charge in [0.05, 0.1) is 18.1 Å². The summed E-state index contributed by atoms with van der Waals surface area (Å²) in [5.41, 5.74) is 0. The van der Waals surface area contributed by atoms with E-state index in [1.807, 2.05) is 0 Å². The minimum absolute atomic E-state index is 0.0470. The highest BCUT2D eigenvalue weighted by Crippen LogP contribution is 2.24. The van der Waals surface area contributed by atoms with Gasteiger partial charge in [-0.05, 0) is 30.7 Å². The molecule has 27 heavy (non-hydrogen) atoms. The van der Waals surface area contributed by atoms with Crippen molar-refractivity contribution >= 4 is 15.9 Å². The summed E-state index contributed by atoms with van der Waals surface area (Å²) in [6.07, 6.45) is 0.600. The summed E-state index contributed by atoms with van der Waals surface area (Å²) in [4.78, 5) is 16.2. The molecule has 0 saturated carbocycles. The summed E-state index contributed by atoms with van der Waals surface area (Å²) in [6, 6.07) is 4.70. The number of hydrogen-bond acceptors (Lipinski definition) is 5. The molecule has 9 heteroatoms. The lowest BCUT2D eigenvalue weighted by atomic mass is 10.2. The van der Waals surface area contributed by atoms with E-state index in [-0.39, 0.29) is 23.4 Å². The first-order valence-electron chi connectivity index (χ1n) is 9.21. The van der Waals surface area contributed by atoms with E-state index in [4.69, 9.17) is 4.74 Å². The van der Waals surface area contributed by atoms with Crippen molar-refractivity contribution in [1.82, 2.24) is 14.1 Å². The Morgan fingerprint density at radius 3 is 2.52 bits per heavy atom. The first-order valence-corrected chi connectivity index (χ1v) is 10.6. The van der Waals surface area contributed by atoms with E-state index in [2.05, 4.69) is 4.90 Å². The van der Waals surface area contributed by atoms with Crippen LogP contribution in [0.3, 0.4) is 0 Å². The van der Waals surface area contributed by atoms with Gasteiger partial charge in [-0.2, -0.15) is 4.31 Å². The normalized spacial score (nSPS) is 22.1. The van der Waals surface area contributed by atoms with Gasteiger partial charge in [0.2, 0.25) is 15.9 Å². The van der Waals surface area contributed by atoms with E-state index in [1.54, 1.807) is 4.90 Å². The number of sulfonamides is 1. The molecule has 2 aliphatic rings. The Bertz CT molecular complexity index is 750. The van der Waals surface area contributed by atoms with Crippen molar-refractivity contribution in [3.63, 3.8) is 0 Å². The number of carbonyl (C=O) groups excluding carboxylic acids is 1. The van der Waals surface area contributed by atoms with E-state index < -0.39 is 15.8 Å². The van der Waals surface area contributed by atoms with Gasteiger partial charge in [-0.15, -0.1) is 0 Å². The van der Waals surface area contributed by atoms with Crippen molar-refractivity contribution in [3.8, 4) is 0 Å². The van der Waals surface area contributed by atoms with Crippen molar-refractivity contribution in [2.45, 2.75) is 24.3 Å². The van der Waals surface area contributed by atoms with Crippen LogP contribution in [-0.2, 0) is 19.6 Å². The van der Waals surface area contributed by atoms with Gasteiger partial charge in [0.1, 0.15) is 5.82 Å². The molecular weight excluding hydrogens is 373 g/mol. The molecule has 1 aromatic rings. The fraction of sp³-hybridized carbons (Fsp3) is 0.611. The maximum Gasteiger partial charge on any atom is 0.243 e. The number of morpholine rings is 1. The summed E-state index contributed by atoms with van der Waals surface area (Å²) in [7, 11) is -3.68. The van der Waals surface area contributed by atoms with E-state index in [0.29, 0.717) is 32.7 Å². The van der Waals surface area contributed by atoms with Crippen LogP contribution in [0.5, 0.6) is 0 Å².